The second-order valence-corrected chi connectivity index (χ2v) is 12.9. The van der Waals surface area contributed by atoms with Crippen LogP contribution < -0.4 is 19.7 Å². The van der Waals surface area contributed by atoms with Crippen LogP contribution in [0.15, 0.2) is 84.0 Å². The summed E-state index contributed by atoms with van der Waals surface area (Å²) in [5.41, 5.74) is 2.70. The van der Waals surface area contributed by atoms with Crippen LogP contribution in [0.3, 0.4) is 0 Å². The van der Waals surface area contributed by atoms with Gasteiger partial charge in [0.25, 0.3) is 0 Å². The lowest BCUT2D eigenvalue weighted by molar-refractivity contribution is -0.131. The summed E-state index contributed by atoms with van der Waals surface area (Å²) in [5.74, 6) is 0.870. The third-order valence-corrected chi connectivity index (χ3v) is 9.21. The Morgan fingerprint density at radius 1 is 1.02 bits per heavy atom. The van der Waals surface area contributed by atoms with Crippen LogP contribution in [-0.2, 0) is 4.79 Å². The number of nitrogens with one attached hydrogen (secondary N) is 1. The molecule has 2 atom stereocenters. The summed E-state index contributed by atoms with van der Waals surface area (Å²) in [4.78, 5) is 39.5. The van der Waals surface area contributed by atoms with Gasteiger partial charge in [0.2, 0.25) is 11.9 Å². The minimum atomic E-state index is -0.736. The fraction of sp³-hybridized carbons (Fsp3) is 0.410. The molecule has 0 aromatic heterocycles. The van der Waals surface area contributed by atoms with Crippen LogP contribution in [0.1, 0.15) is 44.2 Å². The zero-order valence-corrected chi connectivity index (χ0v) is 29.8. The van der Waals surface area contributed by atoms with E-state index in [2.05, 4.69) is 22.3 Å². The highest BCUT2D eigenvalue weighted by Crippen LogP contribution is 2.29. The van der Waals surface area contributed by atoms with Gasteiger partial charge in [0.05, 0.1) is 6.61 Å². The van der Waals surface area contributed by atoms with Gasteiger partial charge in [-0.1, -0.05) is 36.4 Å². The second-order valence-electron chi connectivity index (χ2n) is 12.9. The molecular weight excluding hydrogens is 635 g/mol. The lowest BCUT2D eigenvalue weighted by Gasteiger charge is -2.40. The third kappa shape index (κ3) is 9.01. The van der Waals surface area contributed by atoms with Gasteiger partial charge in [-0.25, -0.2) is 14.2 Å². The fourth-order valence-corrected chi connectivity index (χ4v) is 6.51. The minimum absolute atomic E-state index is 0.0243. The number of rotatable bonds is 12. The topological polar surface area (TPSA) is 90.0 Å². The Balaban J connectivity index is 1.42. The van der Waals surface area contributed by atoms with Crippen molar-refractivity contribution in [1.82, 2.24) is 14.7 Å². The van der Waals surface area contributed by atoms with Gasteiger partial charge in [0, 0.05) is 62.2 Å². The Bertz CT molecular complexity index is 1660. The molecule has 266 valence electrons. The molecular formula is C39H49FN6O4. The minimum Gasteiger partial charge on any atom is -0.490 e. The number of aryl methyl sites for hydroxylation is 2. The normalized spacial score (nSPS) is 17.6. The van der Waals surface area contributed by atoms with E-state index in [1.807, 2.05) is 81.1 Å². The second kappa shape index (κ2) is 17.2. The first-order valence-electron chi connectivity index (χ1n) is 17.5. The Morgan fingerprint density at radius 2 is 1.76 bits per heavy atom. The smallest absolute Gasteiger partial charge is 0.421 e. The lowest BCUT2D eigenvalue weighted by Crippen LogP contribution is -2.56. The standard InChI is InChI=1S/C39H49FN6O4/c1-6-44(7-2)36(47)21-24-45-35(46(32-16-9-8-10-17-32)39(48)50-37-28(3)13-11-14-29(37)4)20-22-41-38(45)42-31-18-19-34(33(40)25-31)49-27-30-15-12-23-43(5)26-30/h8-11,13-14,16-20,22,25,30,35H,6-7,12,15,21,23-24,26-27H2,1-5H3,(H,41,42). The number of carbonyl (C=O) groups is 2. The quantitative estimate of drug-likeness (QED) is 0.219. The molecule has 0 bridgehead atoms. The van der Waals surface area contributed by atoms with Crippen molar-refractivity contribution < 1.29 is 23.5 Å². The average Bonchev–Trinajstić information content (AvgIpc) is 3.10. The SMILES string of the molecule is CCN(CC)C(=O)CCN1C(Nc2ccc(OCC3CCCN(C)C3)c(F)c2)=NC=CC1N(C(=O)Oc1c(C)cccc1C)c1ccccc1. The van der Waals surface area contributed by atoms with Crippen molar-refractivity contribution in [2.75, 3.05) is 56.6 Å². The largest absolute Gasteiger partial charge is 0.490 e. The molecule has 3 aromatic carbocycles. The number of piperidine rings is 1. The maximum Gasteiger partial charge on any atom is 0.421 e. The summed E-state index contributed by atoms with van der Waals surface area (Å²) in [7, 11) is 2.09. The van der Waals surface area contributed by atoms with E-state index in [9.17, 15) is 9.59 Å². The van der Waals surface area contributed by atoms with Gasteiger partial charge in [-0.3, -0.25) is 9.69 Å². The van der Waals surface area contributed by atoms with Gasteiger partial charge in [-0.2, -0.15) is 0 Å². The van der Waals surface area contributed by atoms with Gasteiger partial charge in [0.15, 0.2) is 11.6 Å². The first kappa shape index (κ1) is 36.4. The molecule has 0 aliphatic carbocycles. The number of amides is 2. The number of hydrogen-bond donors (Lipinski definition) is 1. The van der Waals surface area contributed by atoms with Crippen molar-refractivity contribution in [2.24, 2.45) is 10.9 Å². The number of halogens is 1. The number of likely N-dealkylation sites (tertiary alicyclic amines) is 1. The van der Waals surface area contributed by atoms with Crippen LogP contribution in [0.5, 0.6) is 11.5 Å². The first-order valence-corrected chi connectivity index (χ1v) is 17.5. The van der Waals surface area contributed by atoms with Gasteiger partial charge >= 0.3 is 6.09 Å². The molecule has 2 heterocycles. The molecule has 1 N–H and O–H groups in total. The average molecular weight is 685 g/mol. The predicted octanol–water partition coefficient (Wildman–Crippen LogP) is 7.05. The number of ether oxygens (including phenoxy) is 2. The molecule has 2 aliphatic rings. The number of aliphatic imine (C=N–C) groups is 1. The number of guanidine groups is 1. The van der Waals surface area contributed by atoms with Crippen LogP contribution in [0, 0.1) is 25.6 Å². The summed E-state index contributed by atoms with van der Waals surface area (Å²) in [5, 5.41) is 3.25. The highest BCUT2D eigenvalue weighted by atomic mass is 19.1. The number of benzene rings is 3. The summed E-state index contributed by atoms with van der Waals surface area (Å²) < 4.78 is 27.4. The van der Waals surface area contributed by atoms with E-state index in [0.717, 1.165) is 37.1 Å². The Hall–Kier alpha value is -4.90. The van der Waals surface area contributed by atoms with Gasteiger partial charge in [-0.15, -0.1) is 0 Å². The van der Waals surface area contributed by atoms with E-state index in [1.54, 1.807) is 34.2 Å². The maximum atomic E-state index is 15.4. The van der Waals surface area contributed by atoms with Crippen molar-refractivity contribution >= 4 is 29.3 Å². The lowest BCUT2D eigenvalue weighted by atomic mass is 10.00. The number of para-hydroxylation sites is 2. The van der Waals surface area contributed by atoms with E-state index in [4.69, 9.17) is 9.47 Å². The zero-order valence-electron chi connectivity index (χ0n) is 29.8. The summed E-state index contributed by atoms with van der Waals surface area (Å²) in [6.07, 6.45) is 4.39. The summed E-state index contributed by atoms with van der Waals surface area (Å²) in [6, 6.07) is 19.7. The van der Waals surface area contributed by atoms with Crippen LogP contribution in [0.4, 0.5) is 20.6 Å². The Morgan fingerprint density at radius 3 is 2.44 bits per heavy atom. The predicted molar refractivity (Wildman–Crippen MR) is 196 cm³/mol. The van der Waals surface area contributed by atoms with Gasteiger partial charge in [-0.05, 0) is 95.6 Å². The molecule has 5 rings (SSSR count). The van der Waals surface area contributed by atoms with Crippen molar-refractivity contribution in [2.45, 2.75) is 53.1 Å². The van der Waals surface area contributed by atoms with Crippen molar-refractivity contribution in [1.29, 1.82) is 0 Å². The van der Waals surface area contributed by atoms with E-state index in [0.29, 0.717) is 48.7 Å². The van der Waals surface area contributed by atoms with Gasteiger partial charge in [0.1, 0.15) is 11.9 Å². The molecule has 1 saturated heterocycles. The molecule has 10 nitrogen and oxygen atoms in total. The van der Waals surface area contributed by atoms with E-state index >= 15 is 4.39 Å². The summed E-state index contributed by atoms with van der Waals surface area (Å²) >= 11 is 0. The molecule has 2 aliphatic heterocycles. The van der Waals surface area contributed by atoms with Crippen LogP contribution >= 0.6 is 0 Å². The first-order chi connectivity index (χ1) is 24.2. The van der Waals surface area contributed by atoms with Crippen LogP contribution in [-0.4, -0.2) is 85.2 Å². The number of nitrogens with zero attached hydrogens (tertiary/aromatic N) is 5. The highest BCUT2D eigenvalue weighted by molar-refractivity contribution is 5.98. The number of hydrogen-bond acceptors (Lipinski definition) is 8. The Kier molecular flexibility index (Phi) is 12.5. The van der Waals surface area contributed by atoms with Crippen LogP contribution in [0.2, 0.25) is 0 Å². The molecule has 3 aromatic rings. The van der Waals surface area contributed by atoms with E-state index < -0.39 is 18.1 Å². The summed E-state index contributed by atoms with van der Waals surface area (Å²) in [6.45, 7) is 11.5. The Labute approximate surface area is 295 Å². The van der Waals surface area contributed by atoms with E-state index in [1.165, 1.54) is 6.07 Å². The van der Waals surface area contributed by atoms with Crippen molar-refractivity contribution in [3.05, 3.63) is 96.0 Å². The molecule has 0 radical (unpaired) electrons. The molecule has 2 amide bonds. The fourth-order valence-electron chi connectivity index (χ4n) is 6.51. The third-order valence-electron chi connectivity index (χ3n) is 9.21. The molecule has 0 saturated carbocycles. The van der Waals surface area contributed by atoms with Gasteiger partial charge < -0.3 is 29.5 Å². The van der Waals surface area contributed by atoms with Crippen molar-refractivity contribution in [3.8, 4) is 11.5 Å². The van der Waals surface area contributed by atoms with E-state index in [-0.39, 0.29) is 24.6 Å². The molecule has 2 unspecified atom stereocenters. The maximum absolute atomic E-state index is 15.4. The zero-order chi connectivity index (χ0) is 35.6. The van der Waals surface area contributed by atoms with Crippen molar-refractivity contribution in [3.63, 3.8) is 0 Å². The number of carbonyl (C=O) groups excluding carboxylic acids is 2. The molecule has 1 fully saturated rings. The number of anilines is 2. The molecule has 11 heteroatoms. The molecule has 50 heavy (non-hydrogen) atoms. The molecule has 0 spiro atoms. The van der Waals surface area contributed by atoms with Crippen LogP contribution in [0.25, 0.3) is 0 Å². The monoisotopic (exact) mass is 684 g/mol. The highest BCUT2D eigenvalue weighted by Gasteiger charge is 2.35.